The number of rotatable bonds is 3. The molecule has 4 rings (SSSR count). The number of hydrogen-bond acceptors (Lipinski definition) is 5. The Hall–Kier alpha value is -2.86. The van der Waals surface area contributed by atoms with Gasteiger partial charge in [-0.3, -0.25) is 10.3 Å². The van der Waals surface area contributed by atoms with Gasteiger partial charge < -0.3 is 14.7 Å². The van der Waals surface area contributed by atoms with Gasteiger partial charge in [0.15, 0.2) is 0 Å². The number of phenols is 1. The number of aryl methyl sites for hydroxylation is 1. The number of ether oxygens (including phenoxy) is 1. The molecule has 6 heteroatoms. The van der Waals surface area contributed by atoms with Crippen LogP contribution in [0.5, 0.6) is 5.75 Å². The predicted octanol–water partition coefficient (Wildman–Crippen LogP) is 4.17. The van der Waals surface area contributed by atoms with Gasteiger partial charge >= 0.3 is 6.09 Å². The highest BCUT2D eigenvalue weighted by molar-refractivity contribution is 6.03. The van der Waals surface area contributed by atoms with Crippen molar-refractivity contribution in [2.24, 2.45) is 4.99 Å². The van der Waals surface area contributed by atoms with Crippen molar-refractivity contribution >= 4 is 11.8 Å². The zero-order valence-electron chi connectivity index (χ0n) is 17.6. The molecule has 2 aromatic carbocycles. The molecule has 0 aromatic heterocycles. The maximum Gasteiger partial charge on any atom is 0.409 e. The predicted molar refractivity (Wildman–Crippen MR) is 117 cm³/mol. The van der Waals surface area contributed by atoms with Crippen LogP contribution in [0.1, 0.15) is 48.9 Å². The molecule has 0 unspecified atom stereocenters. The van der Waals surface area contributed by atoms with E-state index in [1.54, 1.807) is 11.0 Å². The third-order valence-electron chi connectivity index (χ3n) is 6.00. The molecule has 2 aliphatic rings. The number of nitrogens with zero attached hydrogens (tertiary/aromatic N) is 2. The lowest BCUT2D eigenvalue weighted by atomic mass is 9.87. The number of piperidine rings is 1. The van der Waals surface area contributed by atoms with Crippen molar-refractivity contribution in [2.75, 3.05) is 19.7 Å². The number of aliphatic imine (C=N–C) groups is 1. The summed E-state index contributed by atoms with van der Waals surface area (Å²) in [6.45, 7) is 5.46. The molecule has 2 heterocycles. The van der Waals surface area contributed by atoms with E-state index in [0.29, 0.717) is 39.0 Å². The van der Waals surface area contributed by atoms with Crippen LogP contribution < -0.4 is 5.32 Å². The van der Waals surface area contributed by atoms with E-state index in [0.717, 1.165) is 11.3 Å². The number of para-hydroxylation sites is 1. The van der Waals surface area contributed by atoms with Crippen molar-refractivity contribution in [3.05, 3.63) is 65.2 Å². The second kappa shape index (κ2) is 8.48. The van der Waals surface area contributed by atoms with Crippen LogP contribution in [0.3, 0.4) is 0 Å². The SMILES string of the molecule is CCOC(=O)N1CCC2(CC1)N=C(c1ccccc1O)C[C@@H](c1ccc(C)cc1)N2. The molecule has 30 heavy (non-hydrogen) atoms. The molecule has 1 amide bonds. The Morgan fingerprint density at radius 2 is 1.90 bits per heavy atom. The first-order valence-corrected chi connectivity index (χ1v) is 10.6. The Balaban J connectivity index is 1.64. The first-order valence-electron chi connectivity index (χ1n) is 10.6. The fourth-order valence-electron chi connectivity index (χ4n) is 4.32. The Morgan fingerprint density at radius 3 is 2.57 bits per heavy atom. The monoisotopic (exact) mass is 407 g/mol. The van der Waals surface area contributed by atoms with E-state index in [2.05, 4.69) is 36.5 Å². The fourth-order valence-corrected chi connectivity index (χ4v) is 4.32. The zero-order valence-corrected chi connectivity index (χ0v) is 17.6. The second-order valence-electron chi connectivity index (χ2n) is 8.10. The quantitative estimate of drug-likeness (QED) is 0.801. The lowest BCUT2D eigenvalue weighted by Crippen LogP contribution is -2.56. The molecular weight excluding hydrogens is 378 g/mol. The number of hydrogen-bond donors (Lipinski definition) is 2. The van der Waals surface area contributed by atoms with Gasteiger partial charge in [0.2, 0.25) is 0 Å². The maximum atomic E-state index is 12.1. The van der Waals surface area contributed by atoms with E-state index < -0.39 is 5.66 Å². The van der Waals surface area contributed by atoms with Gasteiger partial charge in [0.05, 0.1) is 6.61 Å². The highest BCUT2D eigenvalue weighted by Crippen LogP contribution is 2.36. The Kier molecular flexibility index (Phi) is 5.77. The number of likely N-dealkylation sites (tertiary alicyclic amines) is 1. The van der Waals surface area contributed by atoms with E-state index in [4.69, 9.17) is 9.73 Å². The van der Waals surface area contributed by atoms with Crippen LogP contribution in [0.15, 0.2) is 53.5 Å². The molecule has 1 spiro atoms. The van der Waals surface area contributed by atoms with E-state index in [1.807, 2.05) is 25.1 Å². The van der Waals surface area contributed by atoms with Crippen LogP contribution in [-0.4, -0.2) is 47.2 Å². The smallest absolute Gasteiger partial charge is 0.409 e. The molecule has 0 saturated carbocycles. The first-order chi connectivity index (χ1) is 14.5. The average molecular weight is 408 g/mol. The molecule has 0 bridgehead atoms. The highest BCUT2D eigenvalue weighted by Gasteiger charge is 2.41. The Bertz CT molecular complexity index is 931. The summed E-state index contributed by atoms with van der Waals surface area (Å²) in [5.74, 6) is 0.250. The van der Waals surface area contributed by atoms with Gasteiger partial charge in [-0.05, 0) is 31.5 Å². The number of carbonyl (C=O) groups excluding carboxylic acids is 1. The fraction of sp³-hybridized carbons (Fsp3) is 0.417. The standard InChI is InChI=1S/C24H29N3O3/c1-3-30-23(29)27-14-12-24(13-15-27)25-20(18-10-8-17(2)9-11-18)16-21(26-24)19-6-4-5-7-22(19)28/h4-11,20,25,28H,3,12-16H2,1-2H3/t20-/m0/s1. The number of benzene rings is 2. The van der Waals surface area contributed by atoms with Gasteiger partial charge in [-0.15, -0.1) is 0 Å². The minimum atomic E-state index is -0.464. The summed E-state index contributed by atoms with van der Waals surface area (Å²) in [7, 11) is 0. The largest absolute Gasteiger partial charge is 0.507 e. The second-order valence-corrected chi connectivity index (χ2v) is 8.10. The van der Waals surface area contributed by atoms with Gasteiger partial charge in [0, 0.05) is 49.7 Å². The van der Waals surface area contributed by atoms with E-state index in [1.165, 1.54) is 11.1 Å². The maximum absolute atomic E-state index is 12.1. The van der Waals surface area contributed by atoms with Gasteiger partial charge in [-0.2, -0.15) is 0 Å². The van der Waals surface area contributed by atoms with Crippen LogP contribution in [0.25, 0.3) is 0 Å². The zero-order chi connectivity index (χ0) is 21.1. The summed E-state index contributed by atoms with van der Waals surface area (Å²) in [5.41, 5.74) is 3.65. The highest BCUT2D eigenvalue weighted by atomic mass is 16.6. The number of carbonyl (C=O) groups is 1. The summed E-state index contributed by atoms with van der Waals surface area (Å²) in [6.07, 6.45) is 1.84. The third-order valence-corrected chi connectivity index (χ3v) is 6.00. The minimum absolute atomic E-state index is 0.0897. The summed E-state index contributed by atoms with van der Waals surface area (Å²) in [4.78, 5) is 19.0. The van der Waals surface area contributed by atoms with E-state index in [9.17, 15) is 9.90 Å². The van der Waals surface area contributed by atoms with Crippen molar-refractivity contribution in [1.82, 2.24) is 10.2 Å². The molecular formula is C24H29N3O3. The first kappa shape index (κ1) is 20.4. The van der Waals surface area contributed by atoms with Gasteiger partial charge in [0.1, 0.15) is 11.4 Å². The van der Waals surface area contributed by atoms with Gasteiger partial charge in [-0.25, -0.2) is 4.79 Å². The van der Waals surface area contributed by atoms with E-state index >= 15 is 0 Å². The summed E-state index contributed by atoms with van der Waals surface area (Å²) in [5, 5.41) is 14.2. The number of aromatic hydroxyl groups is 1. The third kappa shape index (κ3) is 4.19. The molecule has 0 radical (unpaired) electrons. The van der Waals surface area contributed by atoms with Crippen molar-refractivity contribution in [2.45, 2.75) is 44.8 Å². The topological polar surface area (TPSA) is 74.2 Å². The Morgan fingerprint density at radius 1 is 1.20 bits per heavy atom. The Labute approximate surface area is 177 Å². The molecule has 0 aliphatic carbocycles. The molecule has 1 atom stereocenters. The van der Waals surface area contributed by atoms with Crippen LogP contribution in [0.4, 0.5) is 4.79 Å². The number of phenolic OH excluding ortho intramolecular Hbond substituents is 1. The number of amides is 1. The molecule has 1 fully saturated rings. The van der Waals surface area contributed by atoms with Crippen molar-refractivity contribution < 1.29 is 14.6 Å². The van der Waals surface area contributed by atoms with E-state index in [-0.39, 0.29) is 17.9 Å². The van der Waals surface area contributed by atoms with Crippen LogP contribution >= 0.6 is 0 Å². The molecule has 158 valence electrons. The number of nitrogens with one attached hydrogen (secondary N) is 1. The van der Waals surface area contributed by atoms with Crippen molar-refractivity contribution in [3.8, 4) is 5.75 Å². The average Bonchev–Trinajstić information content (AvgIpc) is 2.75. The molecule has 2 aromatic rings. The molecule has 1 saturated heterocycles. The summed E-state index contributed by atoms with van der Waals surface area (Å²) in [6, 6.07) is 16.0. The lowest BCUT2D eigenvalue weighted by molar-refractivity contribution is 0.0779. The molecule has 6 nitrogen and oxygen atoms in total. The van der Waals surface area contributed by atoms with Crippen molar-refractivity contribution in [1.29, 1.82) is 0 Å². The summed E-state index contributed by atoms with van der Waals surface area (Å²) >= 11 is 0. The lowest BCUT2D eigenvalue weighted by Gasteiger charge is -2.45. The molecule has 2 N–H and O–H groups in total. The molecule has 2 aliphatic heterocycles. The normalized spacial score (nSPS) is 20.7. The minimum Gasteiger partial charge on any atom is -0.507 e. The van der Waals surface area contributed by atoms with Crippen LogP contribution in [0, 0.1) is 6.92 Å². The summed E-state index contributed by atoms with van der Waals surface area (Å²) < 4.78 is 5.16. The van der Waals surface area contributed by atoms with Crippen LogP contribution in [0.2, 0.25) is 0 Å². The van der Waals surface area contributed by atoms with Gasteiger partial charge in [-0.1, -0.05) is 42.0 Å². The van der Waals surface area contributed by atoms with Crippen LogP contribution in [-0.2, 0) is 4.74 Å². The van der Waals surface area contributed by atoms with Crippen molar-refractivity contribution in [3.63, 3.8) is 0 Å². The van der Waals surface area contributed by atoms with Gasteiger partial charge in [0.25, 0.3) is 0 Å².